The first-order chi connectivity index (χ1) is 7.81. The van der Waals surface area contributed by atoms with Crippen LogP contribution in [0.5, 0.6) is 0 Å². The highest BCUT2D eigenvalue weighted by molar-refractivity contribution is 8.00. The van der Waals surface area contributed by atoms with Gasteiger partial charge in [-0.05, 0) is 6.42 Å². The van der Waals surface area contributed by atoms with Crippen LogP contribution < -0.4 is 5.32 Å². The zero-order valence-corrected chi connectivity index (χ0v) is 11.8. The van der Waals surface area contributed by atoms with Gasteiger partial charge in [0.15, 0.2) is 0 Å². The third kappa shape index (κ3) is 4.02. The summed E-state index contributed by atoms with van der Waals surface area (Å²) in [6.07, 6.45) is 0.882. The summed E-state index contributed by atoms with van der Waals surface area (Å²) in [5.41, 5.74) is 0. The number of ether oxygens (including phenoxy) is 1. The molecule has 100 valence electrons. The second kappa shape index (κ2) is 7.46. The molecule has 0 spiro atoms. The summed E-state index contributed by atoms with van der Waals surface area (Å²) < 4.78 is 5.50. The Balaban J connectivity index is 0.00000144. The standard InChI is InChI=1S/C11H20N2O2S.ClH/c1-2-9-8-13(4-6-16-9)11(14)10-7-12-3-5-15-10;/h9-10,12H,2-8H2,1H3;1H. The molecular weight excluding hydrogens is 260 g/mol. The first-order valence-electron chi connectivity index (χ1n) is 6.04. The van der Waals surface area contributed by atoms with E-state index in [4.69, 9.17) is 4.74 Å². The molecule has 1 N–H and O–H groups in total. The van der Waals surface area contributed by atoms with Gasteiger partial charge in [-0.25, -0.2) is 0 Å². The van der Waals surface area contributed by atoms with Crippen molar-refractivity contribution in [3.05, 3.63) is 0 Å². The molecule has 2 heterocycles. The van der Waals surface area contributed by atoms with Gasteiger partial charge in [-0.15, -0.1) is 12.4 Å². The van der Waals surface area contributed by atoms with Gasteiger partial charge in [0.05, 0.1) is 6.61 Å². The van der Waals surface area contributed by atoms with E-state index >= 15 is 0 Å². The zero-order chi connectivity index (χ0) is 11.4. The van der Waals surface area contributed by atoms with Crippen LogP contribution in [0.3, 0.4) is 0 Å². The van der Waals surface area contributed by atoms with E-state index in [2.05, 4.69) is 12.2 Å². The van der Waals surface area contributed by atoms with Crippen LogP contribution in [0, 0.1) is 0 Å². The van der Waals surface area contributed by atoms with Gasteiger partial charge in [0.2, 0.25) is 0 Å². The number of nitrogens with one attached hydrogen (secondary N) is 1. The van der Waals surface area contributed by atoms with Crippen molar-refractivity contribution < 1.29 is 9.53 Å². The number of nitrogens with zero attached hydrogens (tertiary/aromatic N) is 1. The van der Waals surface area contributed by atoms with Crippen LogP contribution in [-0.2, 0) is 9.53 Å². The molecular formula is C11H21ClN2O2S. The molecule has 2 saturated heterocycles. The van der Waals surface area contributed by atoms with Crippen LogP contribution in [0.2, 0.25) is 0 Å². The number of hydrogen-bond acceptors (Lipinski definition) is 4. The lowest BCUT2D eigenvalue weighted by molar-refractivity contribution is -0.145. The van der Waals surface area contributed by atoms with Gasteiger partial charge in [0.25, 0.3) is 5.91 Å². The minimum Gasteiger partial charge on any atom is -0.366 e. The SMILES string of the molecule is CCC1CN(C(=O)C2CNCCO2)CCS1.Cl. The lowest BCUT2D eigenvalue weighted by Gasteiger charge is -2.35. The number of halogens is 1. The van der Waals surface area contributed by atoms with Crippen molar-refractivity contribution in [1.82, 2.24) is 10.2 Å². The third-order valence-corrected chi connectivity index (χ3v) is 4.48. The van der Waals surface area contributed by atoms with E-state index in [-0.39, 0.29) is 24.4 Å². The van der Waals surface area contributed by atoms with Crippen LogP contribution >= 0.6 is 24.2 Å². The summed E-state index contributed by atoms with van der Waals surface area (Å²) in [6.45, 7) is 6.12. The molecule has 2 fully saturated rings. The predicted molar refractivity (Wildman–Crippen MR) is 73.0 cm³/mol. The molecule has 0 aromatic heterocycles. The third-order valence-electron chi connectivity index (χ3n) is 3.11. The highest BCUT2D eigenvalue weighted by Crippen LogP contribution is 2.21. The highest BCUT2D eigenvalue weighted by atomic mass is 35.5. The van der Waals surface area contributed by atoms with Crippen molar-refractivity contribution in [3.63, 3.8) is 0 Å². The van der Waals surface area contributed by atoms with Crippen molar-refractivity contribution in [1.29, 1.82) is 0 Å². The van der Waals surface area contributed by atoms with Crippen LogP contribution in [0.1, 0.15) is 13.3 Å². The van der Waals surface area contributed by atoms with Crippen LogP contribution in [0.4, 0.5) is 0 Å². The Hall–Kier alpha value is 0.0300. The van der Waals surface area contributed by atoms with E-state index in [1.165, 1.54) is 0 Å². The number of amides is 1. The number of rotatable bonds is 2. The van der Waals surface area contributed by atoms with Crippen molar-refractivity contribution in [2.45, 2.75) is 24.7 Å². The normalized spacial score (nSPS) is 29.6. The second-order valence-electron chi connectivity index (χ2n) is 4.25. The minimum atomic E-state index is -0.255. The van der Waals surface area contributed by atoms with Crippen molar-refractivity contribution in [2.75, 3.05) is 38.5 Å². The summed E-state index contributed by atoms with van der Waals surface area (Å²) in [5.74, 6) is 1.23. The van der Waals surface area contributed by atoms with Crippen LogP contribution in [0.25, 0.3) is 0 Å². The summed E-state index contributed by atoms with van der Waals surface area (Å²) in [5, 5.41) is 3.81. The number of hydrogen-bond donors (Lipinski definition) is 1. The first-order valence-corrected chi connectivity index (χ1v) is 7.09. The van der Waals surface area contributed by atoms with Gasteiger partial charge in [0, 0.05) is 37.2 Å². The Morgan fingerprint density at radius 1 is 1.59 bits per heavy atom. The molecule has 2 atom stereocenters. The zero-order valence-electron chi connectivity index (χ0n) is 10.2. The fourth-order valence-corrected chi connectivity index (χ4v) is 3.27. The summed E-state index contributed by atoms with van der Waals surface area (Å²) >= 11 is 1.98. The average molecular weight is 281 g/mol. The Kier molecular flexibility index (Phi) is 6.62. The molecule has 2 rings (SSSR count). The molecule has 0 aromatic rings. The van der Waals surface area contributed by atoms with E-state index in [9.17, 15) is 4.79 Å². The Bertz CT molecular complexity index is 250. The number of thioether (sulfide) groups is 1. The first kappa shape index (κ1) is 15.1. The van der Waals surface area contributed by atoms with Crippen LogP contribution in [0.15, 0.2) is 0 Å². The van der Waals surface area contributed by atoms with Gasteiger partial charge in [-0.1, -0.05) is 6.92 Å². The number of carbonyl (C=O) groups excluding carboxylic acids is 1. The van der Waals surface area contributed by atoms with Gasteiger partial charge in [-0.3, -0.25) is 4.79 Å². The molecule has 0 aliphatic carbocycles. The number of carbonyl (C=O) groups is 1. The predicted octanol–water partition coefficient (Wildman–Crippen LogP) is 0.751. The summed E-state index contributed by atoms with van der Waals surface area (Å²) in [7, 11) is 0. The highest BCUT2D eigenvalue weighted by Gasteiger charge is 2.30. The van der Waals surface area contributed by atoms with E-state index in [0.29, 0.717) is 18.4 Å². The topological polar surface area (TPSA) is 41.6 Å². The molecule has 17 heavy (non-hydrogen) atoms. The molecule has 2 aliphatic heterocycles. The van der Waals surface area contributed by atoms with Gasteiger partial charge in [0.1, 0.15) is 6.10 Å². The molecule has 0 saturated carbocycles. The van der Waals surface area contributed by atoms with Crippen molar-refractivity contribution >= 4 is 30.1 Å². The van der Waals surface area contributed by atoms with E-state index in [1.807, 2.05) is 16.7 Å². The van der Waals surface area contributed by atoms with E-state index in [1.54, 1.807) is 0 Å². The maximum atomic E-state index is 12.2. The van der Waals surface area contributed by atoms with Gasteiger partial charge in [-0.2, -0.15) is 11.8 Å². The van der Waals surface area contributed by atoms with E-state index < -0.39 is 0 Å². The minimum absolute atomic E-state index is 0. The lowest BCUT2D eigenvalue weighted by Crippen LogP contribution is -2.52. The fraction of sp³-hybridized carbons (Fsp3) is 0.909. The smallest absolute Gasteiger partial charge is 0.253 e. The Morgan fingerprint density at radius 3 is 3.06 bits per heavy atom. The molecule has 4 nitrogen and oxygen atoms in total. The second-order valence-corrected chi connectivity index (χ2v) is 5.66. The van der Waals surface area contributed by atoms with Gasteiger partial charge >= 0.3 is 0 Å². The molecule has 0 bridgehead atoms. The molecule has 0 aromatic carbocycles. The largest absolute Gasteiger partial charge is 0.366 e. The van der Waals surface area contributed by atoms with Crippen LogP contribution in [-0.4, -0.2) is 60.7 Å². The number of morpholine rings is 1. The maximum absolute atomic E-state index is 12.2. The maximum Gasteiger partial charge on any atom is 0.253 e. The molecule has 1 amide bonds. The summed E-state index contributed by atoms with van der Waals surface area (Å²) in [4.78, 5) is 14.1. The average Bonchev–Trinajstić information content (AvgIpc) is 2.39. The molecule has 2 aliphatic rings. The van der Waals surface area contributed by atoms with Gasteiger partial charge < -0.3 is 15.0 Å². The molecule has 0 radical (unpaired) electrons. The van der Waals surface area contributed by atoms with Crippen molar-refractivity contribution in [3.8, 4) is 0 Å². The molecule has 2 unspecified atom stereocenters. The Morgan fingerprint density at radius 2 is 2.41 bits per heavy atom. The monoisotopic (exact) mass is 280 g/mol. The van der Waals surface area contributed by atoms with Crippen molar-refractivity contribution in [2.24, 2.45) is 0 Å². The fourth-order valence-electron chi connectivity index (χ4n) is 2.09. The van der Waals surface area contributed by atoms with E-state index in [0.717, 1.165) is 31.8 Å². The lowest BCUT2D eigenvalue weighted by atomic mass is 10.2. The Labute approximate surface area is 113 Å². The quantitative estimate of drug-likeness (QED) is 0.811. The molecule has 6 heteroatoms. The summed E-state index contributed by atoms with van der Waals surface area (Å²) in [6, 6.07) is 0.